The van der Waals surface area contributed by atoms with Gasteiger partial charge in [0.25, 0.3) is 5.91 Å². The zero-order valence-electron chi connectivity index (χ0n) is 10.1. The number of hydrazone groups is 1. The van der Waals surface area contributed by atoms with E-state index in [9.17, 15) is 9.90 Å². The molecule has 2 aromatic rings. The molecule has 0 heterocycles. The van der Waals surface area contributed by atoms with Gasteiger partial charge in [-0.15, -0.1) is 0 Å². The summed E-state index contributed by atoms with van der Waals surface area (Å²) in [5.74, 6) is -0.549. The van der Waals surface area contributed by atoms with Gasteiger partial charge in [0, 0.05) is 5.69 Å². The van der Waals surface area contributed by atoms with E-state index in [2.05, 4.69) is 10.5 Å². The minimum absolute atomic E-state index is 0.0808. The second-order valence-corrected chi connectivity index (χ2v) is 3.88. The number of hydrogen-bond acceptors (Lipinski definition) is 4. The fourth-order valence-electron chi connectivity index (χ4n) is 1.47. The smallest absolute Gasteiger partial charge is 0.275 e. The molecule has 0 aliphatic carbocycles. The second kappa shape index (κ2) is 5.68. The molecule has 0 aliphatic heterocycles. The SMILES string of the molecule is Nc1ccc(/C=N/NC(=O)c2ccccc2O)cc1. The Balaban J connectivity index is 2.01. The van der Waals surface area contributed by atoms with E-state index in [1.54, 1.807) is 36.4 Å². The van der Waals surface area contributed by atoms with Gasteiger partial charge < -0.3 is 10.8 Å². The van der Waals surface area contributed by atoms with Gasteiger partial charge in [-0.1, -0.05) is 24.3 Å². The van der Waals surface area contributed by atoms with E-state index in [0.29, 0.717) is 5.69 Å². The van der Waals surface area contributed by atoms with Crippen molar-refractivity contribution in [2.45, 2.75) is 0 Å². The highest BCUT2D eigenvalue weighted by Crippen LogP contribution is 2.14. The Morgan fingerprint density at radius 3 is 2.53 bits per heavy atom. The molecule has 5 nitrogen and oxygen atoms in total. The number of carbonyl (C=O) groups is 1. The molecule has 0 aliphatic rings. The summed E-state index contributed by atoms with van der Waals surface area (Å²) in [6.07, 6.45) is 1.50. The summed E-state index contributed by atoms with van der Waals surface area (Å²) in [5, 5.41) is 13.3. The van der Waals surface area contributed by atoms with Crippen molar-refractivity contribution in [1.29, 1.82) is 0 Å². The van der Waals surface area contributed by atoms with Crippen LogP contribution in [-0.4, -0.2) is 17.2 Å². The summed E-state index contributed by atoms with van der Waals surface area (Å²) >= 11 is 0. The first-order chi connectivity index (χ1) is 9.16. The predicted molar refractivity (Wildman–Crippen MR) is 74.0 cm³/mol. The third kappa shape index (κ3) is 3.32. The normalized spacial score (nSPS) is 10.5. The molecule has 19 heavy (non-hydrogen) atoms. The summed E-state index contributed by atoms with van der Waals surface area (Å²) < 4.78 is 0. The van der Waals surface area contributed by atoms with Crippen LogP contribution >= 0.6 is 0 Å². The molecule has 0 aromatic heterocycles. The first-order valence-corrected chi connectivity index (χ1v) is 5.64. The van der Waals surface area contributed by atoms with E-state index in [-0.39, 0.29) is 11.3 Å². The van der Waals surface area contributed by atoms with Gasteiger partial charge in [-0.3, -0.25) is 4.79 Å². The van der Waals surface area contributed by atoms with Gasteiger partial charge in [-0.25, -0.2) is 5.43 Å². The van der Waals surface area contributed by atoms with Crippen molar-refractivity contribution in [3.8, 4) is 5.75 Å². The quantitative estimate of drug-likeness (QED) is 0.443. The first-order valence-electron chi connectivity index (χ1n) is 5.64. The molecule has 2 rings (SSSR count). The van der Waals surface area contributed by atoms with Crippen LogP contribution in [0.4, 0.5) is 5.69 Å². The van der Waals surface area contributed by atoms with Gasteiger partial charge in [0.15, 0.2) is 0 Å². The zero-order chi connectivity index (χ0) is 13.7. The van der Waals surface area contributed by atoms with Gasteiger partial charge in [-0.05, 0) is 29.8 Å². The van der Waals surface area contributed by atoms with Crippen molar-refractivity contribution < 1.29 is 9.90 Å². The average molecular weight is 255 g/mol. The second-order valence-electron chi connectivity index (χ2n) is 3.88. The van der Waals surface area contributed by atoms with Crippen molar-refractivity contribution in [2.75, 3.05) is 5.73 Å². The van der Waals surface area contributed by atoms with Crippen molar-refractivity contribution >= 4 is 17.8 Å². The Kier molecular flexibility index (Phi) is 3.78. The van der Waals surface area contributed by atoms with Gasteiger partial charge in [-0.2, -0.15) is 5.10 Å². The van der Waals surface area contributed by atoms with E-state index in [4.69, 9.17) is 5.73 Å². The Bertz CT molecular complexity index is 606. The lowest BCUT2D eigenvalue weighted by Gasteiger charge is -2.01. The molecule has 0 radical (unpaired) electrons. The summed E-state index contributed by atoms with van der Waals surface area (Å²) in [6, 6.07) is 13.3. The van der Waals surface area contributed by atoms with Gasteiger partial charge in [0.05, 0.1) is 11.8 Å². The highest BCUT2D eigenvalue weighted by Gasteiger charge is 2.08. The number of aromatic hydroxyl groups is 1. The summed E-state index contributed by atoms with van der Waals surface area (Å²) in [6.45, 7) is 0. The first kappa shape index (κ1) is 12.6. The summed E-state index contributed by atoms with van der Waals surface area (Å²) in [4.78, 5) is 11.7. The van der Waals surface area contributed by atoms with E-state index >= 15 is 0 Å². The van der Waals surface area contributed by atoms with Crippen LogP contribution in [0.15, 0.2) is 53.6 Å². The third-order valence-electron chi connectivity index (χ3n) is 2.46. The number of nitrogens with two attached hydrogens (primary N) is 1. The van der Waals surface area contributed by atoms with Crippen molar-refractivity contribution in [3.05, 3.63) is 59.7 Å². The number of phenolic OH excluding ortho intramolecular Hbond substituents is 1. The number of carbonyl (C=O) groups excluding carboxylic acids is 1. The number of benzene rings is 2. The number of nitrogens with one attached hydrogen (secondary N) is 1. The maximum Gasteiger partial charge on any atom is 0.275 e. The molecule has 96 valence electrons. The average Bonchev–Trinajstić information content (AvgIpc) is 2.41. The number of rotatable bonds is 3. The van der Waals surface area contributed by atoms with Crippen LogP contribution in [0.25, 0.3) is 0 Å². The number of nitrogens with zero attached hydrogens (tertiary/aromatic N) is 1. The van der Waals surface area contributed by atoms with Gasteiger partial charge >= 0.3 is 0 Å². The molecule has 0 fully saturated rings. The lowest BCUT2D eigenvalue weighted by atomic mass is 10.2. The van der Waals surface area contributed by atoms with E-state index in [1.165, 1.54) is 18.3 Å². The number of anilines is 1. The van der Waals surface area contributed by atoms with E-state index in [0.717, 1.165) is 5.56 Å². The zero-order valence-corrected chi connectivity index (χ0v) is 10.1. The maximum absolute atomic E-state index is 11.7. The van der Waals surface area contributed by atoms with Crippen LogP contribution < -0.4 is 11.2 Å². The Morgan fingerprint density at radius 2 is 1.84 bits per heavy atom. The number of hydrogen-bond donors (Lipinski definition) is 3. The summed E-state index contributed by atoms with van der Waals surface area (Å²) in [5.41, 5.74) is 9.55. The highest BCUT2D eigenvalue weighted by molar-refractivity contribution is 5.97. The third-order valence-corrected chi connectivity index (χ3v) is 2.46. The molecule has 0 saturated heterocycles. The molecule has 0 unspecified atom stereocenters. The number of amides is 1. The minimum atomic E-state index is -0.468. The maximum atomic E-state index is 11.7. The minimum Gasteiger partial charge on any atom is -0.507 e. The fourth-order valence-corrected chi connectivity index (χ4v) is 1.47. The molecular weight excluding hydrogens is 242 g/mol. The van der Waals surface area contributed by atoms with Crippen molar-refractivity contribution in [3.63, 3.8) is 0 Å². The number of phenols is 1. The molecular formula is C14H13N3O2. The monoisotopic (exact) mass is 255 g/mol. The fraction of sp³-hybridized carbons (Fsp3) is 0. The molecule has 0 bridgehead atoms. The van der Waals surface area contributed by atoms with Gasteiger partial charge in [0.1, 0.15) is 5.75 Å². The van der Waals surface area contributed by atoms with Crippen LogP contribution in [0.2, 0.25) is 0 Å². The lowest BCUT2D eigenvalue weighted by Crippen LogP contribution is -2.17. The predicted octanol–water partition coefficient (Wildman–Crippen LogP) is 1.74. The van der Waals surface area contributed by atoms with Crippen LogP contribution in [0.5, 0.6) is 5.75 Å². The van der Waals surface area contributed by atoms with Crippen LogP contribution in [-0.2, 0) is 0 Å². The van der Waals surface area contributed by atoms with E-state index < -0.39 is 5.91 Å². The number of para-hydroxylation sites is 1. The van der Waals surface area contributed by atoms with Crippen molar-refractivity contribution in [1.82, 2.24) is 5.43 Å². The number of nitrogen functional groups attached to an aromatic ring is 1. The topological polar surface area (TPSA) is 87.7 Å². The molecule has 0 saturated carbocycles. The highest BCUT2D eigenvalue weighted by atomic mass is 16.3. The molecule has 1 amide bonds. The van der Waals surface area contributed by atoms with E-state index in [1.807, 2.05) is 0 Å². The Labute approximate surface area is 110 Å². The van der Waals surface area contributed by atoms with Crippen LogP contribution in [0.1, 0.15) is 15.9 Å². The lowest BCUT2D eigenvalue weighted by molar-refractivity contribution is 0.0952. The molecule has 5 heteroatoms. The molecule has 4 N–H and O–H groups in total. The standard InChI is InChI=1S/C14H13N3O2/c15-11-7-5-10(6-8-11)9-16-17-14(19)12-3-1-2-4-13(12)18/h1-9,18H,15H2,(H,17,19)/b16-9+. The molecule has 0 atom stereocenters. The molecule has 0 spiro atoms. The van der Waals surface area contributed by atoms with Crippen LogP contribution in [0.3, 0.4) is 0 Å². The Morgan fingerprint density at radius 1 is 1.16 bits per heavy atom. The largest absolute Gasteiger partial charge is 0.507 e. The van der Waals surface area contributed by atoms with Gasteiger partial charge in [0.2, 0.25) is 0 Å². The molecule has 2 aromatic carbocycles. The Hall–Kier alpha value is -2.82. The van der Waals surface area contributed by atoms with Crippen molar-refractivity contribution in [2.24, 2.45) is 5.10 Å². The summed E-state index contributed by atoms with van der Waals surface area (Å²) in [7, 11) is 0. The van der Waals surface area contributed by atoms with Crippen LogP contribution in [0, 0.1) is 0 Å².